The zero-order chi connectivity index (χ0) is 19.8. The molecule has 2 aromatic rings. The van der Waals surface area contributed by atoms with E-state index in [-0.39, 0.29) is 30.1 Å². The fraction of sp³-hybridized carbons (Fsp3) is 0.455. The summed E-state index contributed by atoms with van der Waals surface area (Å²) in [6.45, 7) is 7.69. The highest BCUT2D eigenvalue weighted by atomic mass is 127. The van der Waals surface area contributed by atoms with Gasteiger partial charge >= 0.3 is 0 Å². The standard InChI is InChI=1S/C22H31N5O.HI/c1-17-7-6-8-20(13-17)28-18(2)14-25-22(23-3)26-16-19-9-10-21(24-15-19)27-11-4-5-12-27;/h6-10,13,15,18H,4-5,11-12,14,16H2,1-3H3,(H2,23,25,26);1H. The number of aromatic nitrogens is 1. The number of aliphatic imine (C=N–C) groups is 1. The van der Waals surface area contributed by atoms with Crippen molar-refractivity contribution in [1.82, 2.24) is 15.6 Å². The van der Waals surface area contributed by atoms with Gasteiger partial charge in [0.25, 0.3) is 0 Å². The molecule has 3 rings (SSSR count). The van der Waals surface area contributed by atoms with E-state index in [9.17, 15) is 0 Å². The predicted molar refractivity (Wildman–Crippen MR) is 131 cm³/mol. The molecule has 0 aliphatic carbocycles. The van der Waals surface area contributed by atoms with Gasteiger partial charge in [0.15, 0.2) is 5.96 Å². The van der Waals surface area contributed by atoms with Crippen molar-refractivity contribution >= 4 is 35.8 Å². The Bertz CT molecular complexity index is 775. The molecule has 1 aliphatic heterocycles. The molecule has 7 heteroatoms. The Kier molecular flexibility index (Phi) is 9.50. The summed E-state index contributed by atoms with van der Waals surface area (Å²) in [4.78, 5) is 11.2. The van der Waals surface area contributed by atoms with E-state index in [0.29, 0.717) is 13.1 Å². The predicted octanol–water partition coefficient (Wildman–Crippen LogP) is 3.74. The van der Waals surface area contributed by atoms with Crippen molar-refractivity contribution in [1.29, 1.82) is 0 Å². The number of aryl methyl sites for hydroxylation is 1. The number of nitrogens with one attached hydrogen (secondary N) is 2. The number of ether oxygens (including phenoxy) is 1. The second kappa shape index (κ2) is 11.8. The van der Waals surface area contributed by atoms with Crippen molar-refractivity contribution in [3.8, 4) is 5.75 Å². The summed E-state index contributed by atoms with van der Waals surface area (Å²) in [6.07, 6.45) is 4.50. The van der Waals surface area contributed by atoms with Crippen molar-refractivity contribution in [2.24, 2.45) is 4.99 Å². The summed E-state index contributed by atoms with van der Waals surface area (Å²) in [6, 6.07) is 12.3. The molecular weight excluding hydrogens is 477 g/mol. The molecule has 1 unspecified atom stereocenters. The minimum absolute atomic E-state index is 0. The molecule has 2 N–H and O–H groups in total. The third kappa shape index (κ3) is 7.38. The normalized spacial score (nSPS) is 14.9. The van der Waals surface area contributed by atoms with Gasteiger partial charge in [-0.2, -0.15) is 0 Å². The Labute approximate surface area is 191 Å². The van der Waals surface area contributed by atoms with E-state index < -0.39 is 0 Å². The highest BCUT2D eigenvalue weighted by Crippen LogP contribution is 2.17. The first-order chi connectivity index (χ1) is 13.6. The molecule has 0 spiro atoms. The molecule has 1 aromatic carbocycles. The Morgan fingerprint density at radius 1 is 1.21 bits per heavy atom. The molecule has 1 aromatic heterocycles. The largest absolute Gasteiger partial charge is 0.489 e. The van der Waals surface area contributed by atoms with E-state index in [2.05, 4.69) is 50.6 Å². The van der Waals surface area contributed by atoms with Crippen molar-refractivity contribution in [2.45, 2.75) is 39.3 Å². The molecule has 1 aliphatic rings. The lowest BCUT2D eigenvalue weighted by atomic mass is 10.2. The maximum Gasteiger partial charge on any atom is 0.191 e. The number of halogens is 1. The van der Waals surface area contributed by atoms with Crippen molar-refractivity contribution < 1.29 is 4.74 Å². The average Bonchev–Trinajstić information content (AvgIpc) is 3.23. The van der Waals surface area contributed by atoms with Crippen LogP contribution in [0.4, 0.5) is 5.82 Å². The molecule has 0 bridgehead atoms. The van der Waals surface area contributed by atoms with Crippen molar-refractivity contribution in [3.63, 3.8) is 0 Å². The number of pyridine rings is 1. The maximum absolute atomic E-state index is 5.95. The molecule has 0 amide bonds. The third-order valence-electron chi connectivity index (χ3n) is 4.81. The lowest BCUT2D eigenvalue weighted by Crippen LogP contribution is -2.41. The first-order valence-electron chi connectivity index (χ1n) is 10.0. The minimum Gasteiger partial charge on any atom is -0.489 e. The Balaban J connectivity index is 0.00000300. The molecule has 1 atom stereocenters. The summed E-state index contributed by atoms with van der Waals surface area (Å²) in [5, 5.41) is 6.65. The maximum atomic E-state index is 5.95. The second-order valence-corrected chi connectivity index (χ2v) is 7.27. The molecule has 1 fully saturated rings. The number of anilines is 1. The highest BCUT2D eigenvalue weighted by Gasteiger charge is 2.13. The Morgan fingerprint density at radius 2 is 2.00 bits per heavy atom. The van der Waals surface area contributed by atoms with Gasteiger partial charge in [-0.05, 0) is 56.0 Å². The van der Waals surface area contributed by atoms with Crippen LogP contribution >= 0.6 is 24.0 Å². The van der Waals surface area contributed by atoms with Crippen LogP contribution in [0.1, 0.15) is 30.9 Å². The van der Waals surface area contributed by atoms with Gasteiger partial charge in [0, 0.05) is 32.9 Å². The summed E-state index contributed by atoms with van der Waals surface area (Å²) in [5.74, 6) is 2.72. The van der Waals surface area contributed by atoms with E-state index in [1.54, 1.807) is 7.05 Å². The van der Waals surface area contributed by atoms with Gasteiger partial charge in [-0.1, -0.05) is 18.2 Å². The van der Waals surface area contributed by atoms with Crippen molar-refractivity contribution in [2.75, 3.05) is 31.6 Å². The summed E-state index contributed by atoms with van der Waals surface area (Å²) in [7, 11) is 1.77. The van der Waals surface area contributed by atoms with Crippen LogP contribution in [0, 0.1) is 6.92 Å². The monoisotopic (exact) mass is 509 g/mol. The van der Waals surface area contributed by atoms with E-state index in [1.807, 2.05) is 31.3 Å². The number of guanidine groups is 1. The summed E-state index contributed by atoms with van der Waals surface area (Å²) >= 11 is 0. The van der Waals surface area contributed by atoms with Gasteiger partial charge in [0.05, 0.1) is 6.54 Å². The minimum atomic E-state index is 0. The SMILES string of the molecule is CN=C(NCc1ccc(N2CCCC2)nc1)NCC(C)Oc1cccc(C)c1.I. The van der Waals surface area contributed by atoms with Crippen molar-refractivity contribution in [3.05, 3.63) is 53.7 Å². The molecule has 0 saturated carbocycles. The third-order valence-corrected chi connectivity index (χ3v) is 4.81. The fourth-order valence-corrected chi connectivity index (χ4v) is 3.26. The molecule has 0 radical (unpaired) electrons. The molecule has 158 valence electrons. The zero-order valence-corrected chi connectivity index (χ0v) is 19.8. The van der Waals surface area contributed by atoms with Crippen LogP contribution in [-0.4, -0.2) is 43.7 Å². The first kappa shape index (κ1) is 23.3. The quantitative estimate of drug-likeness (QED) is 0.339. The van der Waals surface area contributed by atoms with Gasteiger partial charge in [0.1, 0.15) is 17.7 Å². The van der Waals surface area contributed by atoms with Crippen LogP contribution < -0.4 is 20.3 Å². The van der Waals surface area contributed by atoms with Gasteiger partial charge in [-0.3, -0.25) is 4.99 Å². The molecule has 29 heavy (non-hydrogen) atoms. The van der Waals surface area contributed by atoms with Crippen LogP contribution in [0.5, 0.6) is 5.75 Å². The summed E-state index contributed by atoms with van der Waals surface area (Å²) in [5.41, 5.74) is 2.33. The second-order valence-electron chi connectivity index (χ2n) is 7.27. The lowest BCUT2D eigenvalue weighted by molar-refractivity contribution is 0.223. The van der Waals surface area contributed by atoms with Gasteiger partial charge in [-0.25, -0.2) is 4.98 Å². The topological polar surface area (TPSA) is 61.8 Å². The van der Waals surface area contributed by atoms with Gasteiger partial charge < -0.3 is 20.3 Å². The van der Waals surface area contributed by atoms with Crippen LogP contribution in [0.3, 0.4) is 0 Å². The van der Waals surface area contributed by atoms with Crippen LogP contribution in [0.2, 0.25) is 0 Å². The Morgan fingerprint density at radius 3 is 2.66 bits per heavy atom. The number of rotatable bonds is 7. The number of benzene rings is 1. The molecular formula is C22H32IN5O. The number of hydrogen-bond acceptors (Lipinski definition) is 4. The average molecular weight is 509 g/mol. The summed E-state index contributed by atoms with van der Waals surface area (Å²) < 4.78 is 5.95. The van der Waals surface area contributed by atoms with Gasteiger partial charge in [-0.15, -0.1) is 24.0 Å². The van der Waals surface area contributed by atoms with E-state index in [4.69, 9.17) is 4.74 Å². The molecule has 1 saturated heterocycles. The molecule has 6 nitrogen and oxygen atoms in total. The van der Waals surface area contributed by atoms with Crippen LogP contribution in [0.15, 0.2) is 47.6 Å². The Hall–Kier alpha value is -2.03. The zero-order valence-electron chi connectivity index (χ0n) is 17.5. The fourth-order valence-electron chi connectivity index (χ4n) is 3.26. The lowest BCUT2D eigenvalue weighted by Gasteiger charge is -2.18. The first-order valence-corrected chi connectivity index (χ1v) is 10.0. The van der Waals surface area contributed by atoms with Gasteiger partial charge in [0.2, 0.25) is 0 Å². The smallest absolute Gasteiger partial charge is 0.191 e. The highest BCUT2D eigenvalue weighted by molar-refractivity contribution is 14.0. The van der Waals surface area contributed by atoms with Crippen LogP contribution in [0.25, 0.3) is 0 Å². The van der Waals surface area contributed by atoms with E-state index in [1.165, 1.54) is 18.4 Å². The number of nitrogens with zero attached hydrogens (tertiary/aromatic N) is 3. The number of hydrogen-bond donors (Lipinski definition) is 2. The molecule has 2 heterocycles. The van der Waals surface area contributed by atoms with E-state index in [0.717, 1.165) is 36.2 Å². The van der Waals surface area contributed by atoms with Crippen LogP contribution in [-0.2, 0) is 6.54 Å². The van der Waals surface area contributed by atoms with E-state index >= 15 is 0 Å².